The van der Waals surface area contributed by atoms with Gasteiger partial charge in [0.2, 0.25) is 0 Å². The van der Waals surface area contributed by atoms with Gasteiger partial charge in [-0.2, -0.15) is 4.39 Å². The van der Waals surface area contributed by atoms with Gasteiger partial charge in [-0.1, -0.05) is 11.6 Å². The molecule has 72 valence electrons. The van der Waals surface area contributed by atoms with Crippen molar-refractivity contribution >= 4 is 17.6 Å². The number of hydrogen-bond donors (Lipinski definition) is 1. The lowest BCUT2D eigenvalue weighted by Crippen LogP contribution is -2.02. The van der Waals surface area contributed by atoms with E-state index in [9.17, 15) is 9.18 Å². The zero-order valence-corrected chi connectivity index (χ0v) is 7.46. The Bertz CT molecular complexity index is 294. The zero-order chi connectivity index (χ0) is 9.84. The molecule has 0 unspecified atom stereocenters. The van der Waals surface area contributed by atoms with Gasteiger partial charge in [0.15, 0.2) is 0 Å². The number of carboxylic acid groups (broad SMARTS) is 1. The van der Waals surface area contributed by atoms with Crippen molar-refractivity contribution in [3.8, 4) is 0 Å². The van der Waals surface area contributed by atoms with Crippen LogP contribution in [0.15, 0.2) is 6.20 Å². The molecule has 0 saturated carbocycles. The normalized spacial score (nSPS) is 10.3. The molecule has 1 heterocycles. The number of aromatic nitrogens is 2. The van der Waals surface area contributed by atoms with Gasteiger partial charge in [0.05, 0.1) is 0 Å². The van der Waals surface area contributed by atoms with E-state index in [1.54, 1.807) is 0 Å². The minimum Gasteiger partial charge on any atom is -0.481 e. The molecule has 0 bridgehead atoms. The van der Waals surface area contributed by atoms with E-state index < -0.39 is 11.9 Å². The van der Waals surface area contributed by atoms with Crippen molar-refractivity contribution in [1.82, 2.24) is 9.78 Å². The quantitative estimate of drug-likeness (QED) is 0.813. The van der Waals surface area contributed by atoms with Gasteiger partial charge in [0.1, 0.15) is 5.02 Å². The Hall–Kier alpha value is -1.10. The maximum Gasteiger partial charge on any atom is 0.303 e. The van der Waals surface area contributed by atoms with E-state index >= 15 is 0 Å². The number of hydrogen-bond acceptors (Lipinski definition) is 2. The van der Waals surface area contributed by atoms with Crippen LogP contribution in [0.1, 0.15) is 12.8 Å². The number of halogens is 2. The Labute approximate surface area is 78.9 Å². The van der Waals surface area contributed by atoms with E-state index in [4.69, 9.17) is 16.7 Å². The van der Waals surface area contributed by atoms with E-state index in [-0.39, 0.29) is 11.4 Å². The number of carbonyl (C=O) groups is 1. The lowest BCUT2D eigenvalue weighted by atomic mass is 10.3. The second-order valence-electron chi connectivity index (χ2n) is 2.53. The Kier molecular flexibility index (Phi) is 3.25. The minimum atomic E-state index is -0.876. The molecule has 6 heteroatoms. The van der Waals surface area contributed by atoms with Gasteiger partial charge in [-0.15, -0.1) is 5.10 Å². The molecule has 13 heavy (non-hydrogen) atoms. The first-order valence-corrected chi connectivity index (χ1v) is 4.07. The molecule has 0 aromatic carbocycles. The van der Waals surface area contributed by atoms with E-state index in [1.807, 2.05) is 0 Å². The van der Waals surface area contributed by atoms with Crippen LogP contribution in [0, 0.1) is 5.95 Å². The number of carboxylic acids is 1. The SMILES string of the molecule is O=C(O)CCCn1cc(Cl)c(F)n1. The fraction of sp³-hybridized carbons (Fsp3) is 0.429. The molecule has 1 aromatic rings. The molecule has 0 saturated heterocycles. The highest BCUT2D eigenvalue weighted by atomic mass is 35.5. The Morgan fingerprint density at radius 3 is 2.92 bits per heavy atom. The first kappa shape index (κ1) is 9.98. The topological polar surface area (TPSA) is 55.1 Å². The second-order valence-corrected chi connectivity index (χ2v) is 2.94. The molecule has 0 amide bonds. The van der Waals surface area contributed by atoms with Crippen LogP contribution in [0.5, 0.6) is 0 Å². The van der Waals surface area contributed by atoms with Crippen LogP contribution in [0.2, 0.25) is 5.02 Å². The molecule has 0 aliphatic rings. The lowest BCUT2D eigenvalue weighted by molar-refractivity contribution is -0.137. The molecule has 0 radical (unpaired) electrons. The highest BCUT2D eigenvalue weighted by molar-refractivity contribution is 6.30. The summed E-state index contributed by atoms with van der Waals surface area (Å²) in [5.41, 5.74) is 0. The summed E-state index contributed by atoms with van der Waals surface area (Å²) < 4.78 is 13.8. The molecule has 1 rings (SSSR count). The number of rotatable bonds is 4. The molecule has 0 fully saturated rings. The van der Waals surface area contributed by atoms with Crippen LogP contribution in [0.4, 0.5) is 4.39 Å². The maximum atomic E-state index is 12.5. The molecule has 0 aliphatic carbocycles. The predicted molar refractivity (Wildman–Crippen MR) is 44.1 cm³/mol. The fourth-order valence-electron chi connectivity index (χ4n) is 0.880. The standard InChI is InChI=1S/C7H8ClFN2O2/c8-5-4-11(10-7(5)9)3-1-2-6(12)13/h4H,1-3H2,(H,12,13). The highest BCUT2D eigenvalue weighted by Gasteiger charge is 2.05. The van der Waals surface area contributed by atoms with Crippen molar-refractivity contribution in [2.45, 2.75) is 19.4 Å². The summed E-state index contributed by atoms with van der Waals surface area (Å²) in [4.78, 5) is 10.1. The van der Waals surface area contributed by atoms with Gasteiger partial charge in [-0.3, -0.25) is 9.48 Å². The minimum absolute atomic E-state index is 0.0408. The Morgan fingerprint density at radius 2 is 2.46 bits per heavy atom. The molecular formula is C7H8ClFN2O2. The third-order valence-corrected chi connectivity index (χ3v) is 1.71. The third-order valence-electron chi connectivity index (χ3n) is 1.45. The fourth-order valence-corrected chi connectivity index (χ4v) is 1.03. The monoisotopic (exact) mass is 206 g/mol. The largest absolute Gasteiger partial charge is 0.481 e. The van der Waals surface area contributed by atoms with Crippen molar-refractivity contribution < 1.29 is 14.3 Å². The lowest BCUT2D eigenvalue weighted by Gasteiger charge is -1.97. The van der Waals surface area contributed by atoms with Crippen LogP contribution >= 0.6 is 11.6 Å². The Balaban J connectivity index is 2.41. The summed E-state index contributed by atoms with van der Waals surface area (Å²) in [5, 5.41) is 11.7. The number of aliphatic carboxylic acids is 1. The van der Waals surface area contributed by atoms with Crippen molar-refractivity contribution in [3.05, 3.63) is 17.2 Å². The van der Waals surface area contributed by atoms with Crippen molar-refractivity contribution in [2.24, 2.45) is 0 Å². The van der Waals surface area contributed by atoms with E-state index in [1.165, 1.54) is 10.9 Å². The molecule has 4 nitrogen and oxygen atoms in total. The van der Waals surface area contributed by atoms with Gasteiger partial charge in [-0.05, 0) is 6.42 Å². The molecule has 0 spiro atoms. The summed E-state index contributed by atoms with van der Waals surface area (Å²) in [6.07, 6.45) is 1.78. The summed E-state index contributed by atoms with van der Waals surface area (Å²) in [5.74, 6) is -1.60. The molecule has 0 atom stereocenters. The summed E-state index contributed by atoms with van der Waals surface area (Å²) >= 11 is 5.40. The van der Waals surface area contributed by atoms with Gasteiger partial charge in [0, 0.05) is 19.2 Å². The number of aryl methyl sites for hydroxylation is 1. The van der Waals surface area contributed by atoms with E-state index in [2.05, 4.69) is 5.10 Å². The molecular weight excluding hydrogens is 199 g/mol. The molecule has 1 aromatic heterocycles. The van der Waals surface area contributed by atoms with E-state index in [0.29, 0.717) is 13.0 Å². The van der Waals surface area contributed by atoms with Crippen LogP contribution in [0.25, 0.3) is 0 Å². The Morgan fingerprint density at radius 1 is 1.77 bits per heavy atom. The maximum absolute atomic E-state index is 12.5. The average molecular weight is 207 g/mol. The zero-order valence-electron chi connectivity index (χ0n) is 6.70. The number of nitrogens with zero attached hydrogens (tertiary/aromatic N) is 2. The second kappa shape index (κ2) is 4.23. The van der Waals surface area contributed by atoms with E-state index in [0.717, 1.165) is 0 Å². The molecule has 1 N–H and O–H groups in total. The van der Waals surface area contributed by atoms with Crippen LogP contribution in [0.3, 0.4) is 0 Å². The average Bonchev–Trinajstić information content (AvgIpc) is 2.30. The van der Waals surface area contributed by atoms with Crippen molar-refractivity contribution in [2.75, 3.05) is 0 Å². The van der Waals surface area contributed by atoms with Gasteiger partial charge in [0.25, 0.3) is 5.95 Å². The first-order chi connectivity index (χ1) is 6.09. The summed E-state index contributed by atoms with van der Waals surface area (Å²) in [7, 11) is 0. The highest BCUT2D eigenvalue weighted by Crippen LogP contribution is 2.11. The van der Waals surface area contributed by atoms with Crippen molar-refractivity contribution in [1.29, 1.82) is 0 Å². The first-order valence-electron chi connectivity index (χ1n) is 3.70. The predicted octanol–water partition coefficient (Wildman–Crippen LogP) is 1.54. The summed E-state index contributed by atoms with van der Waals surface area (Å²) in [6, 6.07) is 0. The van der Waals surface area contributed by atoms with Gasteiger partial charge in [-0.25, -0.2) is 0 Å². The summed E-state index contributed by atoms with van der Waals surface area (Å²) in [6.45, 7) is 0.357. The van der Waals surface area contributed by atoms with Gasteiger partial charge < -0.3 is 5.11 Å². The smallest absolute Gasteiger partial charge is 0.303 e. The molecule has 0 aliphatic heterocycles. The van der Waals surface area contributed by atoms with Crippen molar-refractivity contribution in [3.63, 3.8) is 0 Å². The third kappa shape index (κ3) is 3.02. The van der Waals surface area contributed by atoms with Gasteiger partial charge >= 0.3 is 5.97 Å². The van der Waals surface area contributed by atoms with Crippen LogP contribution in [-0.4, -0.2) is 20.9 Å². The van der Waals surface area contributed by atoms with Crippen LogP contribution < -0.4 is 0 Å². The van der Waals surface area contributed by atoms with Crippen LogP contribution in [-0.2, 0) is 11.3 Å².